The van der Waals surface area contributed by atoms with Crippen LogP contribution in [-0.4, -0.2) is 49.9 Å². The highest BCUT2D eigenvalue weighted by Crippen LogP contribution is 2.29. The topological polar surface area (TPSA) is 49.9 Å². The first kappa shape index (κ1) is 24.9. The second kappa shape index (κ2) is 11.5. The maximum absolute atomic E-state index is 13.2. The molecule has 2 heterocycles. The van der Waals surface area contributed by atoms with Gasteiger partial charge in [-0.3, -0.25) is 9.69 Å². The van der Waals surface area contributed by atoms with E-state index in [0.29, 0.717) is 6.42 Å². The van der Waals surface area contributed by atoms with Crippen LogP contribution in [-0.2, 0) is 16.0 Å². The minimum absolute atomic E-state index is 0.125. The summed E-state index contributed by atoms with van der Waals surface area (Å²) < 4.78 is 5.12. The Morgan fingerprint density at radius 3 is 2.22 bits per heavy atom. The molecule has 1 aromatic heterocycles. The second-order valence-corrected chi connectivity index (χ2v) is 10.1. The van der Waals surface area contributed by atoms with Gasteiger partial charge in [0.05, 0.1) is 7.11 Å². The molecule has 1 aliphatic heterocycles. The van der Waals surface area contributed by atoms with Crippen LogP contribution >= 0.6 is 11.3 Å². The maximum Gasteiger partial charge on any atom is 0.327 e. The number of methoxy groups -OCH3 is 1. The van der Waals surface area contributed by atoms with Crippen molar-refractivity contribution >= 4 is 28.8 Å². The monoisotopic (exact) mass is 510 g/mol. The molecule has 0 N–H and O–H groups in total. The van der Waals surface area contributed by atoms with Gasteiger partial charge in [0, 0.05) is 54.3 Å². The molecule has 188 valence electrons. The molecule has 0 amide bonds. The Kier molecular flexibility index (Phi) is 7.78. The first-order valence-corrected chi connectivity index (χ1v) is 13.4. The number of piperazine rings is 1. The number of Topliss-reactive ketones (excluding diaryl/α,β-unsaturated/α-hetero) is 1. The molecular weight excluding hydrogens is 480 g/mol. The number of anilines is 1. The maximum atomic E-state index is 13.2. The number of ketones is 1. The van der Waals surface area contributed by atoms with E-state index < -0.39 is 6.04 Å². The molecule has 0 spiro atoms. The molecule has 0 radical (unpaired) electrons. The zero-order valence-electron chi connectivity index (χ0n) is 20.9. The van der Waals surface area contributed by atoms with Crippen molar-refractivity contribution in [2.75, 3.05) is 38.2 Å². The summed E-state index contributed by atoms with van der Waals surface area (Å²) in [5.74, 6) is -0.102. The average molecular weight is 511 g/mol. The van der Waals surface area contributed by atoms with Crippen LogP contribution in [0.5, 0.6) is 0 Å². The van der Waals surface area contributed by atoms with Crippen LogP contribution in [0.25, 0.3) is 10.4 Å². The standard InChI is InChI=1S/C31H30N2O3S/c1-36-31(35)30(24-8-3-2-4-9-24)33-19-17-32(18-20-33)25-15-13-23(14-16-25)22-28(34)26-10-5-6-11-27(26)29-12-7-21-37-29/h2-16,21,30H,17-20,22H2,1H3. The molecule has 1 saturated heterocycles. The van der Waals surface area contributed by atoms with Gasteiger partial charge in [0.15, 0.2) is 5.78 Å². The third kappa shape index (κ3) is 5.66. The summed E-state index contributed by atoms with van der Waals surface area (Å²) in [4.78, 5) is 31.4. The van der Waals surface area contributed by atoms with Gasteiger partial charge in [-0.1, -0.05) is 72.8 Å². The summed E-state index contributed by atoms with van der Waals surface area (Å²) in [5, 5.41) is 2.03. The zero-order valence-corrected chi connectivity index (χ0v) is 21.7. The first-order chi connectivity index (χ1) is 18.1. The van der Waals surface area contributed by atoms with Crippen LogP contribution in [0.3, 0.4) is 0 Å². The van der Waals surface area contributed by atoms with Crippen LogP contribution in [0.4, 0.5) is 5.69 Å². The lowest BCUT2D eigenvalue weighted by molar-refractivity contribution is -0.147. The van der Waals surface area contributed by atoms with Gasteiger partial charge in [0.2, 0.25) is 0 Å². The van der Waals surface area contributed by atoms with Crippen molar-refractivity contribution in [2.45, 2.75) is 12.5 Å². The van der Waals surface area contributed by atoms with E-state index in [1.165, 1.54) is 7.11 Å². The lowest BCUT2D eigenvalue weighted by Gasteiger charge is -2.39. The van der Waals surface area contributed by atoms with Gasteiger partial charge in [-0.15, -0.1) is 11.3 Å². The minimum atomic E-state index is -0.390. The summed E-state index contributed by atoms with van der Waals surface area (Å²) in [5.41, 5.74) is 4.85. The van der Waals surface area contributed by atoms with Crippen molar-refractivity contribution in [3.05, 3.63) is 113 Å². The van der Waals surface area contributed by atoms with Crippen LogP contribution in [0.1, 0.15) is 27.5 Å². The number of rotatable bonds is 8. The summed E-state index contributed by atoms with van der Waals surface area (Å²) in [7, 11) is 1.45. The number of carbonyl (C=O) groups excluding carboxylic acids is 2. The molecule has 4 aromatic rings. The molecule has 5 rings (SSSR count). The van der Waals surface area contributed by atoms with E-state index in [4.69, 9.17) is 4.74 Å². The summed E-state index contributed by atoms with van der Waals surface area (Å²) in [6.45, 7) is 3.14. The van der Waals surface area contributed by atoms with Crippen molar-refractivity contribution in [3.8, 4) is 10.4 Å². The van der Waals surface area contributed by atoms with Crippen molar-refractivity contribution in [1.29, 1.82) is 0 Å². The molecule has 3 aromatic carbocycles. The molecule has 1 fully saturated rings. The number of nitrogens with zero attached hydrogens (tertiary/aromatic N) is 2. The van der Waals surface area contributed by atoms with E-state index in [1.807, 2.05) is 66.0 Å². The normalized spacial score (nSPS) is 14.8. The predicted octanol–water partition coefficient (Wildman–Crippen LogP) is 5.88. The number of hydrogen-bond donors (Lipinski definition) is 0. The molecule has 0 saturated carbocycles. The third-order valence-corrected chi connectivity index (χ3v) is 7.80. The number of hydrogen-bond acceptors (Lipinski definition) is 6. The molecule has 5 nitrogen and oxygen atoms in total. The van der Waals surface area contributed by atoms with Crippen molar-refractivity contribution in [1.82, 2.24) is 4.90 Å². The van der Waals surface area contributed by atoms with E-state index in [9.17, 15) is 9.59 Å². The highest BCUT2D eigenvalue weighted by molar-refractivity contribution is 7.13. The molecule has 0 aliphatic carbocycles. The number of thiophene rings is 1. The minimum Gasteiger partial charge on any atom is -0.468 e. The van der Waals surface area contributed by atoms with Crippen LogP contribution in [0.15, 0.2) is 96.4 Å². The largest absolute Gasteiger partial charge is 0.468 e. The lowest BCUT2D eigenvalue weighted by Crippen LogP contribution is -2.49. The Labute approximate surface area is 221 Å². The fourth-order valence-electron chi connectivity index (χ4n) is 4.96. The molecule has 1 atom stereocenters. The van der Waals surface area contributed by atoms with E-state index in [-0.39, 0.29) is 11.8 Å². The number of benzene rings is 3. The SMILES string of the molecule is COC(=O)C(c1ccccc1)N1CCN(c2ccc(CC(=O)c3ccccc3-c3cccs3)cc2)CC1. The number of esters is 1. The number of ether oxygens (including phenoxy) is 1. The highest BCUT2D eigenvalue weighted by Gasteiger charge is 2.31. The van der Waals surface area contributed by atoms with E-state index in [0.717, 1.165) is 59.0 Å². The summed E-state index contributed by atoms with van der Waals surface area (Å²) in [6, 6.07) is 29.6. The smallest absolute Gasteiger partial charge is 0.327 e. The van der Waals surface area contributed by atoms with Gasteiger partial charge < -0.3 is 9.64 Å². The van der Waals surface area contributed by atoms with Crippen LogP contribution in [0.2, 0.25) is 0 Å². The molecular formula is C31H30N2O3S. The highest BCUT2D eigenvalue weighted by atomic mass is 32.1. The Morgan fingerprint density at radius 1 is 0.838 bits per heavy atom. The second-order valence-electron chi connectivity index (χ2n) is 9.15. The lowest BCUT2D eigenvalue weighted by atomic mass is 9.97. The van der Waals surface area contributed by atoms with Gasteiger partial charge >= 0.3 is 5.97 Å². The fraction of sp³-hybridized carbons (Fsp3) is 0.226. The predicted molar refractivity (Wildman–Crippen MR) is 149 cm³/mol. The summed E-state index contributed by atoms with van der Waals surface area (Å²) in [6.07, 6.45) is 0.369. The Bertz CT molecular complexity index is 1330. The third-order valence-electron chi connectivity index (χ3n) is 6.90. The van der Waals surface area contributed by atoms with Crippen molar-refractivity contribution in [3.63, 3.8) is 0 Å². The average Bonchev–Trinajstić information content (AvgIpc) is 3.50. The van der Waals surface area contributed by atoms with Crippen LogP contribution < -0.4 is 4.90 Å². The Hall–Kier alpha value is -3.74. The van der Waals surface area contributed by atoms with Crippen LogP contribution in [0, 0.1) is 0 Å². The van der Waals surface area contributed by atoms with Gasteiger partial charge in [-0.2, -0.15) is 0 Å². The Morgan fingerprint density at radius 2 is 1.54 bits per heavy atom. The molecule has 0 bridgehead atoms. The molecule has 37 heavy (non-hydrogen) atoms. The van der Waals surface area contributed by atoms with E-state index in [2.05, 4.69) is 40.1 Å². The fourth-order valence-corrected chi connectivity index (χ4v) is 5.73. The van der Waals surface area contributed by atoms with Gasteiger partial charge in [-0.25, -0.2) is 4.79 Å². The van der Waals surface area contributed by atoms with Crippen molar-refractivity contribution in [2.24, 2.45) is 0 Å². The summed E-state index contributed by atoms with van der Waals surface area (Å²) >= 11 is 1.65. The molecule has 1 aliphatic rings. The van der Waals surface area contributed by atoms with Crippen molar-refractivity contribution < 1.29 is 14.3 Å². The van der Waals surface area contributed by atoms with Gasteiger partial charge in [-0.05, 0) is 34.7 Å². The quantitative estimate of drug-likeness (QED) is 0.219. The van der Waals surface area contributed by atoms with Gasteiger partial charge in [0.1, 0.15) is 6.04 Å². The molecule has 6 heteroatoms. The first-order valence-electron chi connectivity index (χ1n) is 12.5. The van der Waals surface area contributed by atoms with Gasteiger partial charge in [0.25, 0.3) is 0 Å². The van der Waals surface area contributed by atoms with E-state index >= 15 is 0 Å². The number of carbonyl (C=O) groups is 2. The Balaban J connectivity index is 1.22. The zero-order chi connectivity index (χ0) is 25.6. The molecule has 1 unspecified atom stereocenters. The van der Waals surface area contributed by atoms with E-state index in [1.54, 1.807) is 11.3 Å².